The monoisotopic (exact) mass is 510 g/mol. The first kappa shape index (κ1) is 24.4. The first-order chi connectivity index (χ1) is 19.1. The fraction of sp³-hybridized carbons (Fsp3) is 0.0571. The lowest BCUT2D eigenvalue weighted by molar-refractivity contribution is -0.139. The maximum atomic E-state index is 14.0. The van der Waals surface area contributed by atoms with Crippen LogP contribution in [0.1, 0.15) is 23.1 Å². The van der Waals surface area contributed by atoms with Gasteiger partial charge in [-0.15, -0.1) is 0 Å². The average Bonchev–Trinajstić information content (AvgIpc) is 2.98. The molecule has 0 amide bonds. The van der Waals surface area contributed by atoms with Crippen LogP contribution in [0.3, 0.4) is 0 Å². The second-order valence-corrected chi connectivity index (χ2v) is 9.51. The Bertz CT molecular complexity index is 1780. The van der Waals surface area contributed by atoms with E-state index in [9.17, 15) is 15.0 Å². The Hall–Kier alpha value is -4.93. The minimum Gasteiger partial charge on any atom is -0.507 e. The zero-order valence-corrected chi connectivity index (χ0v) is 21.1. The number of phenols is 1. The number of hydrogen-bond donors (Lipinski definition) is 2. The summed E-state index contributed by atoms with van der Waals surface area (Å²) in [5, 5.41) is 26.1. The molecule has 4 heteroatoms. The lowest BCUT2D eigenvalue weighted by atomic mass is 9.89. The van der Waals surface area contributed by atoms with Gasteiger partial charge in [-0.3, -0.25) is 4.79 Å². The van der Waals surface area contributed by atoms with E-state index in [0.29, 0.717) is 28.0 Å². The molecule has 0 spiro atoms. The average molecular weight is 511 g/mol. The van der Waals surface area contributed by atoms with E-state index in [1.165, 1.54) is 0 Å². The predicted molar refractivity (Wildman–Crippen MR) is 155 cm³/mol. The van der Waals surface area contributed by atoms with Gasteiger partial charge in [-0.25, -0.2) is 0 Å². The summed E-state index contributed by atoms with van der Waals surface area (Å²) in [5.41, 5.74) is 2.48. The van der Waals surface area contributed by atoms with E-state index in [2.05, 4.69) is 0 Å². The van der Waals surface area contributed by atoms with Gasteiger partial charge in [-0.05, 0) is 44.8 Å². The molecule has 0 radical (unpaired) electrons. The molecule has 6 aromatic carbocycles. The van der Waals surface area contributed by atoms with Crippen molar-refractivity contribution in [2.45, 2.75) is 12.0 Å². The van der Waals surface area contributed by atoms with Crippen LogP contribution in [-0.4, -0.2) is 16.2 Å². The largest absolute Gasteiger partial charge is 0.507 e. The fourth-order valence-electron chi connectivity index (χ4n) is 5.24. The summed E-state index contributed by atoms with van der Waals surface area (Å²) in [6.45, 7) is 0. The van der Waals surface area contributed by atoms with Gasteiger partial charge in [0.25, 0.3) is 0 Å². The summed E-state index contributed by atoms with van der Waals surface area (Å²) in [6.07, 6.45) is -1.11. The highest BCUT2D eigenvalue weighted by atomic mass is 16.5. The number of hydrogen-bond acceptors (Lipinski definition) is 4. The van der Waals surface area contributed by atoms with Crippen LogP contribution >= 0.6 is 0 Å². The normalized spacial score (nSPS) is 12.7. The van der Waals surface area contributed by atoms with E-state index in [4.69, 9.17) is 4.74 Å². The van der Waals surface area contributed by atoms with Gasteiger partial charge in [0, 0.05) is 11.1 Å². The lowest BCUT2D eigenvalue weighted by Crippen LogP contribution is -2.25. The Kier molecular flexibility index (Phi) is 6.54. The molecule has 39 heavy (non-hydrogen) atoms. The van der Waals surface area contributed by atoms with Crippen molar-refractivity contribution in [2.24, 2.45) is 0 Å². The molecule has 0 unspecified atom stereocenters. The third-order valence-electron chi connectivity index (χ3n) is 7.13. The minimum absolute atomic E-state index is 0.0891. The highest BCUT2D eigenvalue weighted by molar-refractivity contribution is 6.10. The summed E-state index contributed by atoms with van der Waals surface area (Å²) >= 11 is 0. The molecule has 0 heterocycles. The van der Waals surface area contributed by atoms with E-state index >= 15 is 0 Å². The Morgan fingerprint density at radius 2 is 1.08 bits per heavy atom. The van der Waals surface area contributed by atoms with Gasteiger partial charge in [0.1, 0.15) is 17.4 Å². The third-order valence-corrected chi connectivity index (χ3v) is 7.13. The zero-order valence-electron chi connectivity index (χ0n) is 21.1. The number of aliphatic hydroxyl groups excluding tert-OH is 1. The molecule has 0 aliphatic rings. The van der Waals surface area contributed by atoms with Crippen molar-refractivity contribution in [1.82, 2.24) is 0 Å². The van der Waals surface area contributed by atoms with E-state index < -0.39 is 18.0 Å². The number of ether oxygens (including phenoxy) is 1. The van der Waals surface area contributed by atoms with Crippen molar-refractivity contribution in [3.05, 3.63) is 145 Å². The molecule has 4 nitrogen and oxygen atoms in total. The van der Waals surface area contributed by atoms with Crippen LogP contribution in [-0.2, 0) is 4.79 Å². The number of phenolic OH excluding ortho intramolecular Hbond substituents is 1. The number of aromatic hydroxyl groups is 1. The number of carbonyl (C=O) groups excluding carboxylic acids is 1. The van der Waals surface area contributed by atoms with Crippen molar-refractivity contribution in [2.75, 3.05) is 0 Å². The predicted octanol–water partition coefficient (Wildman–Crippen LogP) is 7.79. The van der Waals surface area contributed by atoms with Gasteiger partial charge >= 0.3 is 5.97 Å². The van der Waals surface area contributed by atoms with Gasteiger partial charge in [0.05, 0.1) is 6.10 Å². The zero-order chi connectivity index (χ0) is 26.8. The summed E-state index contributed by atoms with van der Waals surface area (Å²) < 4.78 is 6.16. The number of fused-ring (bicyclic) bond motifs is 2. The van der Waals surface area contributed by atoms with Crippen molar-refractivity contribution < 1.29 is 19.7 Å². The molecule has 2 N–H and O–H groups in total. The van der Waals surface area contributed by atoms with Crippen LogP contribution in [0.4, 0.5) is 0 Å². The quantitative estimate of drug-likeness (QED) is 0.177. The summed E-state index contributed by atoms with van der Waals surface area (Å²) in [4.78, 5) is 14.0. The fourth-order valence-corrected chi connectivity index (χ4v) is 5.24. The van der Waals surface area contributed by atoms with Gasteiger partial charge in [0.15, 0.2) is 0 Å². The highest BCUT2D eigenvalue weighted by Crippen LogP contribution is 2.45. The topological polar surface area (TPSA) is 66.8 Å². The van der Waals surface area contributed by atoms with Crippen LogP contribution in [0.5, 0.6) is 11.5 Å². The molecule has 0 saturated carbocycles. The summed E-state index contributed by atoms with van der Waals surface area (Å²) in [6, 6.07) is 41.1. The number of benzene rings is 6. The lowest BCUT2D eigenvalue weighted by Gasteiger charge is -2.23. The van der Waals surface area contributed by atoms with Gasteiger partial charge in [-0.2, -0.15) is 0 Å². The molecule has 2 atom stereocenters. The Labute approximate surface area is 226 Å². The molecule has 0 fully saturated rings. The van der Waals surface area contributed by atoms with E-state index in [-0.39, 0.29) is 5.75 Å². The highest BCUT2D eigenvalue weighted by Gasteiger charge is 2.32. The number of aliphatic hydroxyl groups is 1. The van der Waals surface area contributed by atoms with Crippen LogP contribution in [0.25, 0.3) is 32.7 Å². The molecule has 0 bridgehead atoms. The third kappa shape index (κ3) is 4.63. The van der Waals surface area contributed by atoms with Crippen LogP contribution in [0.15, 0.2) is 133 Å². The van der Waals surface area contributed by atoms with Crippen LogP contribution in [0, 0.1) is 0 Å². The molecule has 0 aromatic heterocycles. The van der Waals surface area contributed by atoms with Crippen LogP contribution in [0.2, 0.25) is 0 Å². The Balaban J connectivity index is 1.52. The first-order valence-electron chi connectivity index (χ1n) is 12.8. The molecule has 0 saturated heterocycles. The molecule has 0 aliphatic carbocycles. The molecule has 6 rings (SSSR count). The Morgan fingerprint density at radius 1 is 0.564 bits per heavy atom. The maximum absolute atomic E-state index is 14.0. The van der Waals surface area contributed by atoms with E-state index in [0.717, 1.165) is 21.5 Å². The first-order valence-corrected chi connectivity index (χ1v) is 12.8. The Morgan fingerprint density at radius 3 is 1.72 bits per heavy atom. The molecule has 0 aliphatic heterocycles. The minimum atomic E-state index is -1.11. The molecular weight excluding hydrogens is 484 g/mol. The van der Waals surface area contributed by atoms with Gasteiger partial charge in [-0.1, -0.05) is 121 Å². The van der Waals surface area contributed by atoms with Crippen molar-refractivity contribution >= 4 is 27.5 Å². The molecule has 6 aromatic rings. The SMILES string of the molecule is O=C(Oc1ccc2ccccc2c1-c1c(O)ccc2ccccc12)[C@@H](c1ccccc1)[C@@H](O)c1ccccc1. The van der Waals surface area contributed by atoms with Crippen molar-refractivity contribution in [1.29, 1.82) is 0 Å². The second kappa shape index (κ2) is 10.4. The number of esters is 1. The standard InChI is InChI=1S/C35H26O4/c36-29-21-19-23-11-7-9-17-27(23)32(29)33-28-18-10-8-12-24(28)20-22-30(33)39-35(38)31(25-13-3-1-4-14-25)34(37)26-15-5-2-6-16-26/h1-22,31,34,36-37H/t31-,34-/m0/s1. The van der Waals surface area contributed by atoms with Crippen molar-refractivity contribution in [3.63, 3.8) is 0 Å². The maximum Gasteiger partial charge on any atom is 0.321 e. The number of rotatable bonds is 6. The summed E-state index contributed by atoms with van der Waals surface area (Å²) in [5.74, 6) is -1.15. The van der Waals surface area contributed by atoms with E-state index in [1.54, 1.807) is 24.3 Å². The number of carbonyl (C=O) groups is 1. The van der Waals surface area contributed by atoms with Crippen LogP contribution < -0.4 is 4.74 Å². The van der Waals surface area contributed by atoms with Crippen molar-refractivity contribution in [3.8, 4) is 22.6 Å². The summed E-state index contributed by atoms with van der Waals surface area (Å²) in [7, 11) is 0. The van der Waals surface area contributed by atoms with E-state index in [1.807, 2.05) is 109 Å². The smallest absolute Gasteiger partial charge is 0.321 e. The molecular formula is C35H26O4. The molecule has 190 valence electrons. The second-order valence-electron chi connectivity index (χ2n) is 9.51. The van der Waals surface area contributed by atoms with Gasteiger partial charge in [0.2, 0.25) is 0 Å². The van der Waals surface area contributed by atoms with Gasteiger partial charge < -0.3 is 14.9 Å².